The summed E-state index contributed by atoms with van der Waals surface area (Å²) in [5, 5.41) is 16.3. The zero-order chi connectivity index (χ0) is 20.7. The largest absolute Gasteiger partial charge is 0.416 e. The normalized spacial score (nSPS) is 11.2. The molecule has 0 saturated carbocycles. The van der Waals surface area contributed by atoms with E-state index in [0.29, 0.717) is 5.56 Å². The van der Waals surface area contributed by atoms with Crippen molar-refractivity contribution in [2.24, 2.45) is 5.10 Å². The van der Waals surface area contributed by atoms with Gasteiger partial charge in [-0.2, -0.15) is 18.3 Å². The Morgan fingerprint density at radius 1 is 1.11 bits per heavy atom. The number of nitrogens with one attached hydrogen (secondary N) is 2. The number of halogens is 3. The van der Waals surface area contributed by atoms with Crippen LogP contribution in [0.1, 0.15) is 17.5 Å². The molecule has 146 valence electrons. The molecule has 11 heteroatoms. The molecule has 0 fully saturated rings. The third kappa shape index (κ3) is 6.20. The van der Waals surface area contributed by atoms with Crippen molar-refractivity contribution in [3.05, 3.63) is 69.8 Å². The molecular formula is C17H13F3N4O4. The molecule has 0 atom stereocenters. The fourth-order valence-corrected chi connectivity index (χ4v) is 2.02. The first-order valence-corrected chi connectivity index (χ1v) is 7.68. The van der Waals surface area contributed by atoms with Gasteiger partial charge < -0.3 is 5.32 Å². The summed E-state index contributed by atoms with van der Waals surface area (Å²) in [7, 11) is 0. The van der Waals surface area contributed by atoms with Gasteiger partial charge in [0.15, 0.2) is 0 Å². The van der Waals surface area contributed by atoms with Crippen LogP contribution < -0.4 is 10.7 Å². The predicted molar refractivity (Wildman–Crippen MR) is 93.5 cm³/mol. The second-order valence-corrected chi connectivity index (χ2v) is 5.45. The summed E-state index contributed by atoms with van der Waals surface area (Å²) in [6.45, 7) is 0. The van der Waals surface area contributed by atoms with Gasteiger partial charge in [-0.05, 0) is 35.9 Å². The molecule has 0 unspecified atom stereocenters. The van der Waals surface area contributed by atoms with E-state index in [9.17, 15) is 32.9 Å². The van der Waals surface area contributed by atoms with Gasteiger partial charge in [-0.25, -0.2) is 5.43 Å². The Labute approximate surface area is 156 Å². The Morgan fingerprint density at radius 3 is 2.39 bits per heavy atom. The molecule has 0 aromatic heterocycles. The Hall–Kier alpha value is -3.76. The van der Waals surface area contributed by atoms with Gasteiger partial charge in [0.05, 0.1) is 16.7 Å². The minimum atomic E-state index is -4.55. The van der Waals surface area contributed by atoms with Crippen LogP contribution in [0.25, 0.3) is 0 Å². The predicted octanol–water partition coefficient (Wildman–Crippen LogP) is 3.09. The van der Waals surface area contributed by atoms with Gasteiger partial charge in [0, 0.05) is 17.8 Å². The van der Waals surface area contributed by atoms with Crippen LogP contribution in [0.4, 0.5) is 24.5 Å². The lowest BCUT2D eigenvalue weighted by Crippen LogP contribution is -2.24. The topological polar surface area (TPSA) is 114 Å². The molecule has 2 N–H and O–H groups in total. The number of hydrazone groups is 1. The van der Waals surface area contributed by atoms with Crippen LogP contribution in [-0.4, -0.2) is 23.0 Å². The zero-order valence-corrected chi connectivity index (χ0v) is 14.1. The molecule has 0 heterocycles. The molecule has 2 amide bonds. The molecule has 0 radical (unpaired) electrons. The van der Waals surface area contributed by atoms with Crippen molar-refractivity contribution in [3.63, 3.8) is 0 Å². The lowest BCUT2D eigenvalue weighted by molar-refractivity contribution is -0.384. The van der Waals surface area contributed by atoms with E-state index in [1.165, 1.54) is 36.5 Å². The van der Waals surface area contributed by atoms with E-state index < -0.39 is 34.9 Å². The number of alkyl halides is 3. The van der Waals surface area contributed by atoms with Crippen molar-refractivity contribution >= 4 is 29.4 Å². The van der Waals surface area contributed by atoms with E-state index in [2.05, 4.69) is 15.8 Å². The first-order chi connectivity index (χ1) is 13.1. The summed E-state index contributed by atoms with van der Waals surface area (Å²) >= 11 is 0. The summed E-state index contributed by atoms with van der Waals surface area (Å²) in [5.41, 5.74) is 1.42. The molecule has 0 aliphatic carbocycles. The lowest BCUT2D eigenvalue weighted by Gasteiger charge is -2.09. The smallest absolute Gasteiger partial charge is 0.326 e. The van der Waals surface area contributed by atoms with Crippen molar-refractivity contribution in [2.75, 3.05) is 5.32 Å². The van der Waals surface area contributed by atoms with Gasteiger partial charge in [-0.15, -0.1) is 0 Å². The highest BCUT2D eigenvalue weighted by atomic mass is 19.4. The standard InChI is InChI=1S/C17H13F3N4O4/c18-17(19,20)12-2-1-3-13(8-12)22-15(25)9-16(26)23-21-10-11-4-6-14(7-5-11)24(27)28/h1-8,10H,9H2,(H,22,25)(H,23,26)/b21-10-. The first kappa shape index (κ1) is 20.6. The highest BCUT2D eigenvalue weighted by Gasteiger charge is 2.30. The second kappa shape index (κ2) is 8.75. The number of anilines is 1. The van der Waals surface area contributed by atoms with Crippen LogP contribution in [0.15, 0.2) is 53.6 Å². The summed E-state index contributed by atoms with van der Waals surface area (Å²) in [5.74, 6) is -1.61. The monoisotopic (exact) mass is 394 g/mol. The first-order valence-electron chi connectivity index (χ1n) is 7.68. The van der Waals surface area contributed by atoms with Crippen molar-refractivity contribution in [1.29, 1.82) is 0 Å². The van der Waals surface area contributed by atoms with Gasteiger partial charge in [0.25, 0.3) is 5.69 Å². The maximum Gasteiger partial charge on any atom is 0.416 e. The van der Waals surface area contributed by atoms with Gasteiger partial charge in [0.1, 0.15) is 6.42 Å². The molecule has 8 nitrogen and oxygen atoms in total. The van der Waals surface area contributed by atoms with Crippen LogP contribution in [0.5, 0.6) is 0 Å². The fraction of sp³-hybridized carbons (Fsp3) is 0.118. The van der Waals surface area contributed by atoms with Crippen molar-refractivity contribution in [2.45, 2.75) is 12.6 Å². The number of nitrogens with zero attached hydrogens (tertiary/aromatic N) is 2. The maximum atomic E-state index is 12.6. The molecule has 2 rings (SSSR count). The number of hydrogen-bond donors (Lipinski definition) is 2. The zero-order valence-electron chi connectivity index (χ0n) is 14.1. The van der Waals surface area contributed by atoms with Gasteiger partial charge in [0.2, 0.25) is 11.8 Å². The van der Waals surface area contributed by atoms with E-state index in [0.717, 1.165) is 18.2 Å². The lowest BCUT2D eigenvalue weighted by atomic mass is 10.2. The Balaban J connectivity index is 1.85. The molecule has 0 spiro atoms. The Morgan fingerprint density at radius 2 is 1.79 bits per heavy atom. The van der Waals surface area contributed by atoms with Crippen molar-refractivity contribution in [1.82, 2.24) is 5.43 Å². The van der Waals surface area contributed by atoms with E-state index >= 15 is 0 Å². The maximum absolute atomic E-state index is 12.6. The third-order valence-corrected chi connectivity index (χ3v) is 3.30. The molecule has 0 aliphatic rings. The number of non-ortho nitro benzene ring substituents is 1. The highest BCUT2D eigenvalue weighted by molar-refractivity contribution is 6.03. The fourth-order valence-electron chi connectivity index (χ4n) is 2.02. The molecule has 28 heavy (non-hydrogen) atoms. The van der Waals surface area contributed by atoms with E-state index in [1.54, 1.807) is 0 Å². The number of rotatable bonds is 6. The molecule has 0 bridgehead atoms. The molecule has 2 aromatic carbocycles. The quantitative estimate of drug-likeness (QED) is 0.339. The van der Waals surface area contributed by atoms with Crippen LogP contribution in [0.2, 0.25) is 0 Å². The Kier molecular flexibility index (Phi) is 6.42. The summed E-state index contributed by atoms with van der Waals surface area (Å²) < 4.78 is 37.9. The number of carbonyl (C=O) groups excluding carboxylic acids is 2. The van der Waals surface area contributed by atoms with Crippen molar-refractivity contribution in [3.8, 4) is 0 Å². The van der Waals surface area contributed by atoms with E-state index in [-0.39, 0.29) is 11.4 Å². The molecule has 2 aromatic rings. The summed E-state index contributed by atoms with van der Waals surface area (Å²) in [4.78, 5) is 33.4. The number of amides is 2. The average molecular weight is 394 g/mol. The summed E-state index contributed by atoms with van der Waals surface area (Å²) in [6.07, 6.45) is -4.00. The molecule has 0 saturated heterocycles. The number of nitro groups is 1. The van der Waals surface area contributed by atoms with Crippen LogP contribution in [-0.2, 0) is 15.8 Å². The van der Waals surface area contributed by atoms with Crippen LogP contribution in [0.3, 0.4) is 0 Å². The molecular weight excluding hydrogens is 381 g/mol. The number of benzene rings is 2. The number of hydrogen-bond acceptors (Lipinski definition) is 5. The van der Waals surface area contributed by atoms with E-state index in [1.807, 2.05) is 0 Å². The van der Waals surface area contributed by atoms with Gasteiger partial charge in [-0.1, -0.05) is 6.07 Å². The van der Waals surface area contributed by atoms with Gasteiger partial charge >= 0.3 is 6.18 Å². The van der Waals surface area contributed by atoms with Crippen LogP contribution in [0, 0.1) is 10.1 Å². The summed E-state index contributed by atoms with van der Waals surface area (Å²) in [6, 6.07) is 9.34. The minimum absolute atomic E-state index is 0.0954. The van der Waals surface area contributed by atoms with Crippen molar-refractivity contribution < 1.29 is 27.7 Å². The van der Waals surface area contributed by atoms with Gasteiger partial charge in [-0.3, -0.25) is 19.7 Å². The minimum Gasteiger partial charge on any atom is -0.326 e. The highest BCUT2D eigenvalue weighted by Crippen LogP contribution is 2.30. The average Bonchev–Trinajstić information content (AvgIpc) is 2.61. The second-order valence-electron chi connectivity index (χ2n) is 5.45. The molecule has 0 aliphatic heterocycles. The number of nitro benzene ring substituents is 1. The third-order valence-electron chi connectivity index (χ3n) is 3.30. The number of carbonyl (C=O) groups is 2. The van der Waals surface area contributed by atoms with Crippen LogP contribution >= 0.6 is 0 Å². The SMILES string of the molecule is O=C(CC(=O)Nc1cccc(C(F)(F)F)c1)N/N=C\c1ccc([N+](=O)[O-])cc1. The van der Waals surface area contributed by atoms with E-state index in [4.69, 9.17) is 0 Å². The Bertz CT molecular complexity index is 911.